The fraction of sp³-hybridized carbons (Fsp3) is 0.478. The van der Waals surface area contributed by atoms with Crippen LogP contribution in [-0.2, 0) is 13.1 Å². The van der Waals surface area contributed by atoms with Gasteiger partial charge in [0, 0.05) is 45.4 Å². The summed E-state index contributed by atoms with van der Waals surface area (Å²) in [6.07, 6.45) is 0.800. The minimum Gasteiger partial charge on any atom is -0.497 e. The lowest BCUT2D eigenvalue weighted by molar-refractivity contribution is 0.0499. The van der Waals surface area contributed by atoms with Crippen LogP contribution in [0.25, 0.3) is 0 Å². The second kappa shape index (κ2) is 9.92. The van der Waals surface area contributed by atoms with Crippen molar-refractivity contribution in [1.29, 1.82) is 0 Å². The van der Waals surface area contributed by atoms with Crippen molar-refractivity contribution in [1.82, 2.24) is 9.80 Å². The van der Waals surface area contributed by atoms with Gasteiger partial charge in [-0.2, -0.15) is 0 Å². The van der Waals surface area contributed by atoms with Crippen LogP contribution >= 0.6 is 0 Å². The molecule has 0 unspecified atom stereocenters. The normalized spacial score (nSPS) is 18.2. The molecule has 2 aromatic carbocycles. The van der Waals surface area contributed by atoms with Crippen LogP contribution in [0.5, 0.6) is 11.5 Å². The molecule has 5 heteroatoms. The van der Waals surface area contributed by atoms with Crippen molar-refractivity contribution in [2.45, 2.75) is 32.5 Å². The van der Waals surface area contributed by atoms with Gasteiger partial charge >= 0.3 is 0 Å². The van der Waals surface area contributed by atoms with E-state index in [0.29, 0.717) is 6.04 Å². The molecular formula is C23H32N2O3. The van der Waals surface area contributed by atoms with Crippen LogP contribution in [0.4, 0.5) is 0 Å². The maximum atomic E-state index is 9.57. The molecule has 1 N–H and O–H groups in total. The number of methoxy groups -OCH3 is 2. The summed E-state index contributed by atoms with van der Waals surface area (Å²) in [6.45, 7) is 7.16. The molecule has 0 aromatic heterocycles. The summed E-state index contributed by atoms with van der Waals surface area (Å²) in [6, 6.07) is 15.1. The molecule has 1 saturated heterocycles. The minimum absolute atomic E-state index is 0.221. The quantitative estimate of drug-likeness (QED) is 0.758. The van der Waals surface area contributed by atoms with Gasteiger partial charge in [-0.15, -0.1) is 0 Å². The Morgan fingerprint density at radius 1 is 0.964 bits per heavy atom. The van der Waals surface area contributed by atoms with Crippen molar-refractivity contribution < 1.29 is 14.6 Å². The van der Waals surface area contributed by atoms with Gasteiger partial charge in [0.05, 0.1) is 14.2 Å². The molecule has 0 bridgehead atoms. The Labute approximate surface area is 168 Å². The van der Waals surface area contributed by atoms with Gasteiger partial charge in [0.15, 0.2) is 0 Å². The lowest BCUT2D eigenvalue weighted by Crippen LogP contribution is -2.52. The standard InChI is InChI=1S/C23H32N2O3/c1-18-14-20(6-9-23(18)28-3)16-25-12-11-24(17-21(25)10-13-26)15-19-4-7-22(27-2)8-5-19/h4-9,14,21,26H,10-13,15-17H2,1-3H3/t21-/m0/s1. The molecule has 1 aliphatic rings. The van der Waals surface area contributed by atoms with Crippen molar-refractivity contribution in [3.8, 4) is 11.5 Å². The number of aliphatic hydroxyl groups excluding tert-OH is 1. The second-order valence-electron chi connectivity index (χ2n) is 7.52. The van der Waals surface area contributed by atoms with Gasteiger partial charge in [0.25, 0.3) is 0 Å². The first kappa shape index (κ1) is 20.6. The van der Waals surface area contributed by atoms with Gasteiger partial charge in [0.1, 0.15) is 11.5 Å². The Balaban J connectivity index is 1.62. The third-order valence-corrected chi connectivity index (χ3v) is 5.56. The molecular weight excluding hydrogens is 352 g/mol. The highest BCUT2D eigenvalue weighted by atomic mass is 16.5. The molecule has 1 heterocycles. The molecule has 0 spiro atoms. The summed E-state index contributed by atoms with van der Waals surface area (Å²) in [5.41, 5.74) is 3.75. The van der Waals surface area contributed by atoms with E-state index in [-0.39, 0.29) is 6.61 Å². The van der Waals surface area contributed by atoms with E-state index < -0.39 is 0 Å². The first-order chi connectivity index (χ1) is 13.6. The maximum absolute atomic E-state index is 9.57. The average molecular weight is 385 g/mol. The zero-order valence-corrected chi connectivity index (χ0v) is 17.2. The van der Waals surface area contributed by atoms with Gasteiger partial charge in [-0.3, -0.25) is 9.80 Å². The minimum atomic E-state index is 0.221. The predicted molar refractivity (Wildman–Crippen MR) is 112 cm³/mol. The average Bonchev–Trinajstić information content (AvgIpc) is 2.71. The number of ether oxygens (including phenoxy) is 2. The Morgan fingerprint density at radius 3 is 2.36 bits per heavy atom. The summed E-state index contributed by atoms with van der Waals surface area (Å²) < 4.78 is 10.6. The zero-order valence-electron chi connectivity index (χ0n) is 17.2. The van der Waals surface area contributed by atoms with Gasteiger partial charge in [0.2, 0.25) is 0 Å². The van der Waals surface area contributed by atoms with E-state index in [1.54, 1.807) is 14.2 Å². The number of hydrogen-bond acceptors (Lipinski definition) is 5. The molecule has 0 saturated carbocycles. The Kier molecular flexibility index (Phi) is 7.31. The second-order valence-corrected chi connectivity index (χ2v) is 7.52. The fourth-order valence-electron chi connectivity index (χ4n) is 3.99. The number of nitrogens with zero attached hydrogens (tertiary/aromatic N) is 2. The van der Waals surface area contributed by atoms with Crippen LogP contribution in [0.1, 0.15) is 23.1 Å². The summed E-state index contributed by atoms with van der Waals surface area (Å²) in [7, 11) is 3.40. The maximum Gasteiger partial charge on any atom is 0.121 e. The molecule has 28 heavy (non-hydrogen) atoms. The highest BCUT2D eigenvalue weighted by Gasteiger charge is 2.26. The number of aryl methyl sites for hydroxylation is 1. The number of benzene rings is 2. The Bertz CT molecular complexity index is 748. The number of rotatable bonds is 8. The predicted octanol–water partition coefficient (Wildman–Crippen LogP) is 3.08. The first-order valence-electron chi connectivity index (χ1n) is 9.96. The monoisotopic (exact) mass is 384 g/mol. The molecule has 2 aromatic rings. The fourth-order valence-corrected chi connectivity index (χ4v) is 3.99. The molecule has 0 amide bonds. The zero-order chi connectivity index (χ0) is 19.9. The number of aliphatic hydroxyl groups is 1. The first-order valence-corrected chi connectivity index (χ1v) is 9.96. The van der Waals surface area contributed by atoms with Gasteiger partial charge < -0.3 is 14.6 Å². The smallest absolute Gasteiger partial charge is 0.121 e. The van der Waals surface area contributed by atoms with Crippen LogP contribution in [0.3, 0.4) is 0 Å². The Morgan fingerprint density at radius 2 is 1.71 bits per heavy atom. The van der Waals surface area contributed by atoms with Crippen LogP contribution in [0.15, 0.2) is 42.5 Å². The highest BCUT2D eigenvalue weighted by Crippen LogP contribution is 2.23. The van der Waals surface area contributed by atoms with Crippen molar-refractivity contribution in [2.24, 2.45) is 0 Å². The van der Waals surface area contributed by atoms with Crippen molar-refractivity contribution >= 4 is 0 Å². The molecule has 1 atom stereocenters. The molecule has 1 aliphatic heterocycles. The highest BCUT2D eigenvalue weighted by molar-refractivity contribution is 5.36. The van der Waals surface area contributed by atoms with E-state index in [9.17, 15) is 5.11 Å². The summed E-state index contributed by atoms with van der Waals surface area (Å²) in [4.78, 5) is 4.99. The number of piperazine rings is 1. The third-order valence-electron chi connectivity index (χ3n) is 5.56. The third kappa shape index (κ3) is 5.25. The van der Waals surface area contributed by atoms with E-state index >= 15 is 0 Å². The largest absolute Gasteiger partial charge is 0.497 e. The summed E-state index contributed by atoms with van der Waals surface area (Å²) >= 11 is 0. The molecule has 0 radical (unpaired) electrons. The van der Waals surface area contributed by atoms with Gasteiger partial charge in [-0.25, -0.2) is 0 Å². The van der Waals surface area contributed by atoms with Crippen LogP contribution in [0.2, 0.25) is 0 Å². The lowest BCUT2D eigenvalue weighted by Gasteiger charge is -2.41. The molecule has 5 nitrogen and oxygen atoms in total. The van der Waals surface area contributed by atoms with E-state index in [1.165, 1.54) is 11.1 Å². The van der Waals surface area contributed by atoms with E-state index in [2.05, 4.69) is 41.0 Å². The SMILES string of the molecule is COc1ccc(CN2CCN(Cc3ccc(OC)c(C)c3)[C@@H](CCO)C2)cc1. The van der Waals surface area contributed by atoms with E-state index in [0.717, 1.165) is 56.2 Å². The molecule has 0 aliphatic carbocycles. The summed E-state index contributed by atoms with van der Waals surface area (Å²) in [5.74, 6) is 1.82. The van der Waals surface area contributed by atoms with Crippen molar-refractivity contribution in [3.63, 3.8) is 0 Å². The van der Waals surface area contributed by atoms with Crippen molar-refractivity contribution in [2.75, 3.05) is 40.5 Å². The van der Waals surface area contributed by atoms with Crippen LogP contribution < -0.4 is 9.47 Å². The van der Waals surface area contributed by atoms with Gasteiger partial charge in [-0.05, 0) is 48.2 Å². The van der Waals surface area contributed by atoms with E-state index in [1.807, 2.05) is 18.2 Å². The summed E-state index contributed by atoms with van der Waals surface area (Å²) in [5, 5.41) is 9.57. The Hall–Kier alpha value is -2.08. The lowest BCUT2D eigenvalue weighted by atomic mass is 10.0. The molecule has 152 valence electrons. The van der Waals surface area contributed by atoms with Crippen LogP contribution in [0, 0.1) is 6.92 Å². The number of hydrogen-bond donors (Lipinski definition) is 1. The topological polar surface area (TPSA) is 45.2 Å². The van der Waals surface area contributed by atoms with Crippen molar-refractivity contribution in [3.05, 3.63) is 59.2 Å². The van der Waals surface area contributed by atoms with Crippen LogP contribution in [-0.4, -0.2) is 61.4 Å². The van der Waals surface area contributed by atoms with Gasteiger partial charge in [-0.1, -0.05) is 24.3 Å². The molecule has 1 fully saturated rings. The molecule has 3 rings (SSSR count). The van der Waals surface area contributed by atoms with E-state index in [4.69, 9.17) is 9.47 Å².